The van der Waals surface area contributed by atoms with Crippen LogP contribution in [0.25, 0.3) is 0 Å². The van der Waals surface area contributed by atoms with Gasteiger partial charge >= 0.3 is 6.18 Å². The van der Waals surface area contributed by atoms with Crippen molar-refractivity contribution >= 4 is 0 Å². The van der Waals surface area contributed by atoms with E-state index in [1.54, 1.807) is 10.6 Å². The Hall–Kier alpha value is -4.16. The maximum atomic E-state index is 14.5. The Bertz CT molecular complexity index is 1320. The molecule has 1 heterocycles. The largest absolute Gasteiger partial charge is 0.427 e. The van der Waals surface area contributed by atoms with Crippen LogP contribution < -0.4 is 0 Å². The van der Waals surface area contributed by atoms with Crippen LogP contribution in [0.3, 0.4) is 0 Å². The first-order valence-corrected chi connectivity index (χ1v) is 11.4. The zero-order valence-corrected chi connectivity index (χ0v) is 19.2. The number of aromatic nitrogens is 2. The highest BCUT2D eigenvalue weighted by Crippen LogP contribution is 2.46. The molecule has 0 amide bonds. The highest BCUT2D eigenvalue weighted by molar-refractivity contribution is 5.51. The maximum absolute atomic E-state index is 14.5. The molecule has 180 valence electrons. The van der Waals surface area contributed by atoms with Crippen LogP contribution in [0.4, 0.5) is 13.2 Å². The molecule has 0 bridgehead atoms. The molecule has 3 nitrogen and oxygen atoms in total. The zero-order valence-electron chi connectivity index (χ0n) is 19.2. The molecule has 0 aliphatic rings. The molecule has 0 aliphatic carbocycles. The molecule has 0 saturated carbocycles. The Morgan fingerprint density at radius 2 is 0.917 bits per heavy atom. The van der Waals surface area contributed by atoms with Gasteiger partial charge in [-0.25, -0.2) is 4.98 Å². The van der Waals surface area contributed by atoms with E-state index in [-0.39, 0.29) is 5.56 Å². The third-order valence-corrected chi connectivity index (χ3v) is 6.52. The van der Waals surface area contributed by atoms with Crippen molar-refractivity contribution < 1.29 is 18.3 Å². The summed E-state index contributed by atoms with van der Waals surface area (Å²) >= 11 is 0. The van der Waals surface area contributed by atoms with Gasteiger partial charge < -0.3 is 9.67 Å². The van der Waals surface area contributed by atoms with Crippen LogP contribution >= 0.6 is 0 Å². The van der Waals surface area contributed by atoms with Crippen molar-refractivity contribution in [2.75, 3.05) is 0 Å². The molecule has 1 unspecified atom stereocenters. The molecular formula is C30H23F3N2O. The number of imidazole rings is 1. The third-order valence-electron chi connectivity index (χ3n) is 6.52. The first-order chi connectivity index (χ1) is 17.4. The standard InChI is InChI=1S/C30H23F3N2O/c31-30(32,33)29(36,26-19-11-4-12-20-26)27-21-35(22-34-27)28(23-13-5-1-6-14-23,24-15-7-2-8-16-24)25-17-9-3-10-18-25/h1-22,36H. The molecule has 1 N–H and O–H groups in total. The van der Waals surface area contributed by atoms with Crippen molar-refractivity contribution in [1.82, 2.24) is 9.55 Å². The monoisotopic (exact) mass is 484 g/mol. The Labute approximate surface area is 207 Å². The SMILES string of the molecule is OC(c1ccccc1)(c1cn(C(c2ccccc2)(c2ccccc2)c2ccccc2)cn1)C(F)(F)F. The van der Waals surface area contributed by atoms with Crippen molar-refractivity contribution in [1.29, 1.82) is 0 Å². The van der Waals surface area contributed by atoms with Crippen LogP contribution in [-0.4, -0.2) is 20.8 Å². The minimum atomic E-state index is -5.00. The summed E-state index contributed by atoms with van der Waals surface area (Å²) in [4.78, 5) is 4.17. The lowest BCUT2D eigenvalue weighted by Gasteiger charge is -2.37. The lowest BCUT2D eigenvalue weighted by atomic mass is 9.76. The topological polar surface area (TPSA) is 38.0 Å². The Morgan fingerprint density at radius 1 is 0.556 bits per heavy atom. The first kappa shape index (κ1) is 23.6. The number of halogens is 3. The van der Waals surface area contributed by atoms with E-state index < -0.39 is 23.0 Å². The summed E-state index contributed by atoms with van der Waals surface area (Å²) in [7, 11) is 0. The highest BCUT2D eigenvalue weighted by Gasteiger charge is 2.58. The summed E-state index contributed by atoms with van der Waals surface area (Å²) in [6.45, 7) is 0. The number of nitrogens with zero attached hydrogens (tertiary/aromatic N) is 2. The highest BCUT2D eigenvalue weighted by atomic mass is 19.4. The van der Waals surface area contributed by atoms with E-state index in [0.29, 0.717) is 0 Å². The normalized spacial score (nSPS) is 13.8. The number of hydrogen-bond donors (Lipinski definition) is 1. The van der Waals surface area contributed by atoms with E-state index in [1.165, 1.54) is 36.8 Å². The summed E-state index contributed by atoms with van der Waals surface area (Å²) in [5.74, 6) is 0. The average Bonchev–Trinajstić information content (AvgIpc) is 3.41. The van der Waals surface area contributed by atoms with Crippen LogP contribution in [0.2, 0.25) is 0 Å². The molecule has 1 atom stereocenters. The smallest absolute Gasteiger partial charge is 0.371 e. The predicted octanol–water partition coefficient (Wildman–Crippen LogP) is 6.52. The molecule has 0 fully saturated rings. The van der Waals surface area contributed by atoms with Gasteiger partial charge in [0, 0.05) is 6.20 Å². The summed E-state index contributed by atoms with van der Waals surface area (Å²) in [5, 5.41) is 11.2. The Balaban J connectivity index is 1.82. The Morgan fingerprint density at radius 3 is 1.28 bits per heavy atom. The van der Waals surface area contributed by atoms with Crippen molar-refractivity contribution in [3.05, 3.63) is 162 Å². The average molecular weight is 485 g/mol. The van der Waals surface area contributed by atoms with Crippen molar-refractivity contribution in [2.45, 2.75) is 17.3 Å². The van der Waals surface area contributed by atoms with E-state index in [9.17, 15) is 18.3 Å². The zero-order chi connectivity index (χ0) is 25.2. The molecule has 36 heavy (non-hydrogen) atoms. The van der Waals surface area contributed by atoms with Crippen molar-refractivity contribution in [2.24, 2.45) is 0 Å². The quantitative estimate of drug-likeness (QED) is 0.279. The number of benzene rings is 4. The van der Waals surface area contributed by atoms with Gasteiger partial charge in [0.15, 0.2) is 0 Å². The Kier molecular flexibility index (Phi) is 5.98. The molecule has 1 aromatic heterocycles. The summed E-state index contributed by atoms with van der Waals surface area (Å²) in [5.41, 5.74) is -2.63. The summed E-state index contributed by atoms with van der Waals surface area (Å²) in [6.07, 6.45) is -2.34. The van der Waals surface area contributed by atoms with Gasteiger partial charge in [0.2, 0.25) is 5.60 Å². The second-order valence-electron chi connectivity index (χ2n) is 8.55. The van der Waals surface area contributed by atoms with Gasteiger partial charge in [0.25, 0.3) is 0 Å². The molecule has 0 aliphatic heterocycles. The number of alkyl halides is 3. The number of hydrogen-bond acceptors (Lipinski definition) is 2. The fourth-order valence-electron chi connectivity index (χ4n) is 4.81. The molecule has 0 saturated heterocycles. The second kappa shape index (κ2) is 9.13. The molecule has 0 spiro atoms. The van der Waals surface area contributed by atoms with Gasteiger partial charge in [-0.2, -0.15) is 13.2 Å². The lowest BCUT2D eigenvalue weighted by molar-refractivity contribution is -0.249. The van der Waals surface area contributed by atoms with E-state index in [0.717, 1.165) is 16.7 Å². The van der Waals surface area contributed by atoms with Gasteiger partial charge in [0.05, 0.1) is 6.33 Å². The van der Waals surface area contributed by atoms with E-state index >= 15 is 0 Å². The van der Waals surface area contributed by atoms with Crippen molar-refractivity contribution in [3.63, 3.8) is 0 Å². The van der Waals surface area contributed by atoms with Gasteiger partial charge in [-0.3, -0.25) is 0 Å². The minimum Gasteiger partial charge on any atom is -0.371 e. The van der Waals surface area contributed by atoms with Gasteiger partial charge in [-0.05, 0) is 22.3 Å². The van der Waals surface area contributed by atoms with Crippen LogP contribution in [0, 0.1) is 0 Å². The predicted molar refractivity (Wildman–Crippen MR) is 132 cm³/mol. The minimum absolute atomic E-state index is 0.299. The first-order valence-electron chi connectivity index (χ1n) is 11.4. The molecule has 5 rings (SSSR count). The third kappa shape index (κ3) is 3.71. The van der Waals surface area contributed by atoms with E-state index in [4.69, 9.17) is 0 Å². The summed E-state index contributed by atoms with van der Waals surface area (Å²) in [6, 6.07) is 35.7. The molecule has 4 aromatic carbocycles. The van der Waals surface area contributed by atoms with Gasteiger partial charge in [-0.1, -0.05) is 121 Å². The molecule has 5 aromatic rings. The molecule has 0 radical (unpaired) electrons. The summed E-state index contributed by atoms with van der Waals surface area (Å²) < 4.78 is 45.0. The van der Waals surface area contributed by atoms with Crippen molar-refractivity contribution in [3.8, 4) is 0 Å². The number of rotatable bonds is 6. The molecule has 6 heteroatoms. The maximum Gasteiger partial charge on any atom is 0.427 e. The van der Waals surface area contributed by atoms with Gasteiger partial charge in [-0.15, -0.1) is 0 Å². The fraction of sp³-hybridized carbons (Fsp3) is 0.100. The number of aliphatic hydroxyl groups is 1. The van der Waals surface area contributed by atoms with E-state index in [2.05, 4.69) is 4.98 Å². The van der Waals surface area contributed by atoms with Crippen LogP contribution in [0.1, 0.15) is 27.9 Å². The van der Waals surface area contributed by atoms with E-state index in [1.807, 2.05) is 91.0 Å². The lowest BCUT2D eigenvalue weighted by Crippen LogP contribution is -2.44. The van der Waals surface area contributed by atoms with Crippen LogP contribution in [0.5, 0.6) is 0 Å². The van der Waals surface area contributed by atoms with Crippen LogP contribution in [-0.2, 0) is 11.1 Å². The van der Waals surface area contributed by atoms with Gasteiger partial charge in [0.1, 0.15) is 11.2 Å². The second-order valence-corrected chi connectivity index (χ2v) is 8.55. The fourth-order valence-corrected chi connectivity index (χ4v) is 4.81. The molecular weight excluding hydrogens is 461 g/mol. The van der Waals surface area contributed by atoms with Crippen LogP contribution in [0.15, 0.2) is 134 Å².